The second-order valence-electron chi connectivity index (χ2n) is 4.46. The molecule has 7 heteroatoms. The number of hydrogen-bond donors (Lipinski definition) is 1. The zero-order valence-corrected chi connectivity index (χ0v) is 14.0. The Bertz CT molecular complexity index is 695. The molecule has 1 unspecified atom stereocenters. The SMILES string of the molecule is CC(Nc1ccc(Br)c([N+](=O)[O-])c1)c1cc(Cl)ccc1Cl. The third-order valence-corrected chi connectivity index (χ3v) is 4.20. The van der Waals surface area contributed by atoms with Gasteiger partial charge in [0.2, 0.25) is 0 Å². The number of benzene rings is 2. The number of nitro benzene ring substituents is 1. The molecule has 0 amide bonds. The molecule has 0 bridgehead atoms. The summed E-state index contributed by atoms with van der Waals surface area (Å²) in [6.45, 7) is 1.91. The van der Waals surface area contributed by atoms with Crippen molar-refractivity contribution in [1.29, 1.82) is 0 Å². The van der Waals surface area contributed by atoms with E-state index in [4.69, 9.17) is 23.2 Å². The molecule has 0 aliphatic rings. The van der Waals surface area contributed by atoms with Crippen LogP contribution in [0.1, 0.15) is 18.5 Å². The van der Waals surface area contributed by atoms with Crippen LogP contribution in [0.15, 0.2) is 40.9 Å². The Hall–Kier alpha value is -1.30. The first-order valence-corrected chi connectivity index (χ1v) is 7.59. The normalized spacial score (nSPS) is 12.0. The molecule has 0 radical (unpaired) electrons. The third-order valence-electron chi connectivity index (χ3n) is 2.95. The van der Waals surface area contributed by atoms with E-state index < -0.39 is 4.92 Å². The van der Waals surface area contributed by atoms with Gasteiger partial charge in [0.25, 0.3) is 5.69 Å². The van der Waals surface area contributed by atoms with Gasteiger partial charge in [-0.2, -0.15) is 0 Å². The highest BCUT2D eigenvalue weighted by Crippen LogP contribution is 2.32. The Morgan fingerprint density at radius 1 is 1.24 bits per heavy atom. The third kappa shape index (κ3) is 3.87. The van der Waals surface area contributed by atoms with E-state index in [1.165, 1.54) is 6.07 Å². The van der Waals surface area contributed by atoms with Crippen LogP contribution < -0.4 is 5.32 Å². The summed E-state index contributed by atoms with van der Waals surface area (Å²) in [5.41, 5.74) is 1.47. The first kappa shape index (κ1) is 16.1. The first-order chi connectivity index (χ1) is 9.88. The standard InChI is InChI=1S/C14H11BrCl2N2O2/c1-8(11-6-9(16)2-5-13(11)17)18-10-3-4-12(15)14(7-10)19(20)21/h2-8,18H,1H3. The lowest BCUT2D eigenvalue weighted by molar-refractivity contribution is -0.385. The van der Waals surface area contributed by atoms with E-state index in [0.29, 0.717) is 20.2 Å². The number of nitro groups is 1. The summed E-state index contributed by atoms with van der Waals surface area (Å²) in [6, 6.07) is 9.93. The molecule has 0 saturated heterocycles. The molecule has 0 aliphatic heterocycles. The predicted molar refractivity (Wildman–Crippen MR) is 89.3 cm³/mol. The Kier molecular flexibility index (Phi) is 5.08. The van der Waals surface area contributed by atoms with E-state index in [1.807, 2.05) is 6.92 Å². The Balaban J connectivity index is 2.27. The smallest absolute Gasteiger partial charge is 0.285 e. The fourth-order valence-electron chi connectivity index (χ4n) is 1.92. The van der Waals surface area contributed by atoms with E-state index >= 15 is 0 Å². The lowest BCUT2D eigenvalue weighted by Crippen LogP contribution is -2.07. The average molecular weight is 390 g/mol. The molecule has 0 fully saturated rings. The molecule has 0 saturated carbocycles. The van der Waals surface area contributed by atoms with Crippen LogP contribution in [0.3, 0.4) is 0 Å². The molecule has 2 aromatic carbocycles. The summed E-state index contributed by atoms with van der Waals surface area (Å²) >= 11 is 15.3. The minimum Gasteiger partial charge on any atom is -0.378 e. The summed E-state index contributed by atoms with van der Waals surface area (Å²) in [4.78, 5) is 10.5. The molecular weight excluding hydrogens is 379 g/mol. The van der Waals surface area contributed by atoms with Crippen molar-refractivity contribution >= 4 is 50.5 Å². The van der Waals surface area contributed by atoms with Crippen molar-refractivity contribution in [3.63, 3.8) is 0 Å². The van der Waals surface area contributed by atoms with Crippen molar-refractivity contribution in [2.24, 2.45) is 0 Å². The maximum atomic E-state index is 10.9. The largest absolute Gasteiger partial charge is 0.378 e. The van der Waals surface area contributed by atoms with Crippen molar-refractivity contribution in [2.75, 3.05) is 5.32 Å². The lowest BCUT2D eigenvalue weighted by Gasteiger charge is -2.17. The Morgan fingerprint density at radius 2 is 1.95 bits per heavy atom. The second kappa shape index (κ2) is 6.64. The quantitative estimate of drug-likeness (QED) is 0.528. The molecule has 1 N–H and O–H groups in total. The molecule has 0 aliphatic carbocycles. The van der Waals surface area contributed by atoms with Gasteiger partial charge in [-0.1, -0.05) is 23.2 Å². The Labute approximate surface area is 140 Å². The van der Waals surface area contributed by atoms with Crippen molar-refractivity contribution in [3.05, 3.63) is 66.6 Å². The van der Waals surface area contributed by atoms with Crippen LogP contribution in [0.5, 0.6) is 0 Å². The van der Waals surface area contributed by atoms with Crippen LogP contribution in [-0.4, -0.2) is 4.92 Å². The number of rotatable bonds is 4. The van der Waals surface area contributed by atoms with E-state index in [0.717, 1.165) is 5.56 Å². The van der Waals surface area contributed by atoms with Crippen LogP contribution >= 0.6 is 39.1 Å². The zero-order chi connectivity index (χ0) is 15.6. The molecule has 110 valence electrons. The van der Waals surface area contributed by atoms with Gasteiger partial charge in [0.1, 0.15) is 0 Å². The summed E-state index contributed by atoms with van der Waals surface area (Å²) in [5.74, 6) is 0. The van der Waals surface area contributed by atoms with E-state index in [9.17, 15) is 10.1 Å². The number of nitrogens with zero attached hydrogens (tertiary/aromatic N) is 1. The molecule has 2 aromatic rings. The second-order valence-corrected chi connectivity index (χ2v) is 6.15. The lowest BCUT2D eigenvalue weighted by atomic mass is 10.1. The minimum atomic E-state index is -0.438. The van der Waals surface area contributed by atoms with Crippen molar-refractivity contribution in [2.45, 2.75) is 13.0 Å². The maximum Gasteiger partial charge on any atom is 0.285 e. The van der Waals surface area contributed by atoms with E-state index in [-0.39, 0.29) is 11.7 Å². The van der Waals surface area contributed by atoms with Crippen molar-refractivity contribution in [1.82, 2.24) is 0 Å². The van der Waals surface area contributed by atoms with Gasteiger partial charge in [-0.05, 0) is 58.7 Å². The predicted octanol–water partition coefficient (Wildman–Crippen LogP) is 5.84. The molecule has 1 atom stereocenters. The maximum absolute atomic E-state index is 10.9. The highest BCUT2D eigenvalue weighted by molar-refractivity contribution is 9.10. The van der Waals surface area contributed by atoms with Gasteiger partial charge in [-0.25, -0.2) is 0 Å². The van der Waals surface area contributed by atoms with Gasteiger partial charge in [0.05, 0.1) is 15.4 Å². The molecule has 0 spiro atoms. The fraction of sp³-hybridized carbons (Fsp3) is 0.143. The average Bonchev–Trinajstić information content (AvgIpc) is 2.43. The first-order valence-electron chi connectivity index (χ1n) is 6.04. The van der Waals surface area contributed by atoms with Gasteiger partial charge >= 0.3 is 0 Å². The van der Waals surface area contributed by atoms with Crippen LogP contribution in [0.4, 0.5) is 11.4 Å². The monoisotopic (exact) mass is 388 g/mol. The summed E-state index contributed by atoms with van der Waals surface area (Å²) in [7, 11) is 0. The van der Waals surface area contributed by atoms with Crippen LogP contribution in [0.25, 0.3) is 0 Å². The van der Waals surface area contributed by atoms with Gasteiger partial charge in [-0.3, -0.25) is 10.1 Å². The zero-order valence-electron chi connectivity index (χ0n) is 10.9. The van der Waals surface area contributed by atoms with Gasteiger partial charge in [-0.15, -0.1) is 0 Å². The Morgan fingerprint density at radius 3 is 2.62 bits per heavy atom. The minimum absolute atomic E-state index is 0.00407. The van der Waals surface area contributed by atoms with Gasteiger partial charge in [0.15, 0.2) is 0 Å². The van der Waals surface area contributed by atoms with Gasteiger partial charge in [0, 0.05) is 21.8 Å². The summed E-state index contributed by atoms with van der Waals surface area (Å²) in [5, 5.41) is 15.3. The molecule has 4 nitrogen and oxygen atoms in total. The van der Waals surface area contributed by atoms with E-state index in [1.54, 1.807) is 30.3 Å². The molecule has 21 heavy (non-hydrogen) atoms. The summed E-state index contributed by atoms with van der Waals surface area (Å²) < 4.78 is 0.437. The summed E-state index contributed by atoms with van der Waals surface area (Å²) in [6.07, 6.45) is 0. The number of halogens is 3. The molecule has 0 heterocycles. The van der Waals surface area contributed by atoms with Crippen LogP contribution in [-0.2, 0) is 0 Å². The number of hydrogen-bond acceptors (Lipinski definition) is 3. The van der Waals surface area contributed by atoms with E-state index in [2.05, 4.69) is 21.2 Å². The highest BCUT2D eigenvalue weighted by Gasteiger charge is 2.15. The van der Waals surface area contributed by atoms with Gasteiger partial charge < -0.3 is 5.32 Å². The van der Waals surface area contributed by atoms with Crippen molar-refractivity contribution < 1.29 is 4.92 Å². The number of anilines is 1. The van der Waals surface area contributed by atoms with Crippen LogP contribution in [0.2, 0.25) is 10.0 Å². The topological polar surface area (TPSA) is 55.2 Å². The fourth-order valence-corrected chi connectivity index (χ4v) is 2.77. The van der Waals surface area contributed by atoms with Crippen LogP contribution in [0, 0.1) is 10.1 Å². The molecule has 0 aromatic heterocycles. The number of nitrogens with one attached hydrogen (secondary N) is 1. The van der Waals surface area contributed by atoms with Crippen molar-refractivity contribution in [3.8, 4) is 0 Å². The highest BCUT2D eigenvalue weighted by atomic mass is 79.9. The molecule has 2 rings (SSSR count). The molecular formula is C14H11BrCl2N2O2.